The molecule has 0 unspecified atom stereocenters. The van der Waals surface area contributed by atoms with Crippen molar-refractivity contribution in [1.29, 1.82) is 0 Å². The lowest BCUT2D eigenvalue weighted by Gasteiger charge is -2.09. The zero-order valence-electron chi connectivity index (χ0n) is 11.0. The van der Waals surface area contributed by atoms with Crippen LogP contribution in [0, 0.1) is 10.1 Å². The minimum Gasteiger partial charge on any atom is -0.366 e. The molecule has 0 spiro atoms. The highest BCUT2D eigenvalue weighted by molar-refractivity contribution is 6.01. The molecule has 9 heteroatoms. The number of fused-ring (bicyclic) bond motifs is 1. The van der Waals surface area contributed by atoms with Gasteiger partial charge < -0.3 is 11.1 Å². The number of non-ortho nitro benzene ring substituents is 1. The average Bonchev–Trinajstić information content (AvgIpc) is 2.97. The maximum Gasteiger partial charge on any atom is 0.300 e. The third-order valence-electron chi connectivity index (χ3n) is 3.05. The summed E-state index contributed by atoms with van der Waals surface area (Å²) in [6.45, 7) is 0. The van der Waals surface area contributed by atoms with Crippen LogP contribution in [0.4, 0.5) is 17.1 Å². The van der Waals surface area contributed by atoms with Crippen molar-refractivity contribution in [2.24, 2.45) is 5.73 Å². The molecule has 3 rings (SSSR count). The van der Waals surface area contributed by atoms with Gasteiger partial charge in [-0.15, -0.1) is 0 Å². The van der Waals surface area contributed by atoms with Crippen LogP contribution < -0.4 is 11.1 Å². The molecule has 0 bridgehead atoms. The Morgan fingerprint density at radius 3 is 2.59 bits per heavy atom. The van der Waals surface area contributed by atoms with Gasteiger partial charge in [-0.2, -0.15) is 0 Å². The first kappa shape index (κ1) is 13.5. The van der Waals surface area contributed by atoms with Gasteiger partial charge in [-0.3, -0.25) is 14.9 Å². The molecule has 1 aromatic heterocycles. The van der Waals surface area contributed by atoms with E-state index in [0.717, 1.165) is 0 Å². The van der Waals surface area contributed by atoms with Gasteiger partial charge in [-0.25, -0.2) is 4.63 Å². The van der Waals surface area contributed by atoms with E-state index in [1.165, 1.54) is 12.1 Å². The number of nitrogens with two attached hydrogens (primary N) is 1. The molecule has 0 atom stereocenters. The van der Waals surface area contributed by atoms with E-state index in [4.69, 9.17) is 5.73 Å². The summed E-state index contributed by atoms with van der Waals surface area (Å²) >= 11 is 0. The number of nitrogens with zero attached hydrogens (tertiary/aromatic N) is 3. The number of benzene rings is 2. The van der Waals surface area contributed by atoms with Gasteiger partial charge in [0.05, 0.1) is 21.9 Å². The maximum atomic E-state index is 11.4. The molecular weight excluding hydrogens is 290 g/mol. The monoisotopic (exact) mass is 299 g/mol. The van der Waals surface area contributed by atoms with Gasteiger partial charge in [0, 0.05) is 6.07 Å². The van der Waals surface area contributed by atoms with E-state index in [9.17, 15) is 14.9 Å². The first-order chi connectivity index (χ1) is 10.6. The summed E-state index contributed by atoms with van der Waals surface area (Å²) in [6, 6.07) is 9.35. The third kappa shape index (κ3) is 2.20. The first-order valence-electron chi connectivity index (χ1n) is 6.13. The molecule has 22 heavy (non-hydrogen) atoms. The molecule has 0 saturated heterocycles. The number of para-hydroxylation sites is 1. The highest BCUT2D eigenvalue weighted by atomic mass is 16.6. The van der Waals surface area contributed by atoms with E-state index >= 15 is 0 Å². The number of aromatic nitrogens is 2. The molecule has 0 aliphatic rings. The molecule has 2 aromatic carbocycles. The molecular formula is C13H9N5O4. The predicted octanol–water partition coefficient (Wildman–Crippen LogP) is 1.97. The molecule has 1 heterocycles. The first-order valence-corrected chi connectivity index (χ1v) is 6.13. The summed E-state index contributed by atoms with van der Waals surface area (Å²) in [4.78, 5) is 21.8. The van der Waals surface area contributed by atoms with Gasteiger partial charge in [0.1, 0.15) is 0 Å². The number of hydrogen-bond donors (Lipinski definition) is 2. The molecule has 3 aromatic rings. The molecule has 9 nitrogen and oxygen atoms in total. The number of primary amides is 1. The number of nitro groups is 1. The fraction of sp³-hybridized carbons (Fsp3) is 0. The maximum absolute atomic E-state index is 11.4. The Labute approximate surface area is 122 Å². The summed E-state index contributed by atoms with van der Waals surface area (Å²) in [7, 11) is 0. The Balaban J connectivity index is 2.10. The van der Waals surface area contributed by atoms with Gasteiger partial charge >= 0.3 is 5.69 Å². The Bertz CT molecular complexity index is 889. The van der Waals surface area contributed by atoms with Crippen molar-refractivity contribution in [3.8, 4) is 0 Å². The van der Waals surface area contributed by atoms with Crippen LogP contribution in [0.3, 0.4) is 0 Å². The van der Waals surface area contributed by atoms with E-state index in [1.54, 1.807) is 24.3 Å². The number of carbonyl (C=O) groups is 1. The highest BCUT2D eigenvalue weighted by Gasteiger charge is 2.20. The molecule has 0 fully saturated rings. The van der Waals surface area contributed by atoms with Crippen LogP contribution in [0.5, 0.6) is 0 Å². The lowest BCUT2D eigenvalue weighted by Crippen LogP contribution is -2.13. The minimum atomic E-state index is -0.598. The van der Waals surface area contributed by atoms with E-state index in [1.807, 2.05) is 0 Å². The van der Waals surface area contributed by atoms with Crippen LogP contribution in [-0.4, -0.2) is 21.1 Å². The van der Waals surface area contributed by atoms with Gasteiger partial charge in [0.15, 0.2) is 5.52 Å². The van der Waals surface area contributed by atoms with Gasteiger partial charge in [0.2, 0.25) is 5.52 Å². The SMILES string of the molecule is NC(=O)c1ccccc1Nc1ccc([N+](=O)[O-])c2nonc12. The van der Waals surface area contributed by atoms with Crippen LogP contribution in [0.1, 0.15) is 10.4 Å². The Morgan fingerprint density at radius 2 is 1.86 bits per heavy atom. The number of anilines is 2. The van der Waals surface area contributed by atoms with E-state index in [0.29, 0.717) is 11.4 Å². The van der Waals surface area contributed by atoms with Crippen molar-refractivity contribution in [3.63, 3.8) is 0 Å². The lowest BCUT2D eigenvalue weighted by atomic mass is 10.1. The van der Waals surface area contributed by atoms with E-state index in [2.05, 4.69) is 20.3 Å². The molecule has 0 aliphatic carbocycles. The van der Waals surface area contributed by atoms with Gasteiger partial charge in [0.25, 0.3) is 5.91 Å². The fourth-order valence-corrected chi connectivity index (χ4v) is 2.05. The van der Waals surface area contributed by atoms with Crippen molar-refractivity contribution in [2.45, 2.75) is 0 Å². The second-order valence-corrected chi connectivity index (χ2v) is 4.39. The van der Waals surface area contributed by atoms with Crippen molar-refractivity contribution in [3.05, 3.63) is 52.1 Å². The van der Waals surface area contributed by atoms with E-state index in [-0.39, 0.29) is 22.3 Å². The molecule has 1 amide bonds. The number of amides is 1. The number of nitro benzene ring substituents is 1. The summed E-state index contributed by atoms with van der Waals surface area (Å²) < 4.78 is 4.58. The van der Waals surface area contributed by atoms with Crippen LogP contribution in [0.25, 0.3) is 11.0 Å². The predicted molar refractivity (Wildman–Crippen MR) is 76.7 cm³/mol. The summed E-state index contributed by atoms with van der Waals surface area (Å²) in [6.07, 6.45) is 0. The molecule has 3 N–H and O–H groups in total. The molecule has 0 saturated carbocycles. The van der Waals surface area contributed by atoms with Crippen molar-refractivity contribution in [1.82, 2.24) is 10.3 Å². The van der Waals surface area contributed by atoms with Crippen LogP contribution in [0.2, 0.25) is 0 Å². The minimum absolute atomic E-state index is 0.0200. The summed E-state index contributed by atoms with van der Waals surface area (Å²) in [5, 5.41) is 21.1. The van der Waals surface area contributed by atoms with Gasteiger partial charge in [-0.1, -0.05) is 12.1 Å². The standard InChI is InChI=1S/C13H9N5O4/c14-13(19)7-3-1-2-4-8(7)15-9-5-6-10(18(20)21)12-11(9)16-22-17-12/h1-6,15H,(H2,14,19). The average molecular weight is 299 g/mol. The van der Waals surface area contributed by atoms with Crippen LogP contribution in [0.15, 0.2) is 41.0 Å². The van der Waals surface area contributed by atoms with Crippen molar-refractivity contribution in [2.75, 3.05) is 5.32 Å². The Morgan fingerprint density at radius 1 is 1.14 bits per heavy atom. The quantitative estimate of drug-likeness (QED) is 0.554. The Kier molecular flexibility index (Phi) is 3.14. The van der Waals surface area contributed by atoms with E-state index < -0.39 is 10.8 Å². The zero-order valence-corrected chi connectivity index (χ0v) is 11.0. The van der Waals surface area contributed by atoms with Crippen molar-refractivity contribution >= 4 is 34.0 Å². The number of hydrogen-bond acceptors (Lipinski definition) is 7. The van der Waals surface area contributed by atoms with Crippen molar-refractivity contribution < 1.29 is 14.3 Å². The number of nitrogens with one attached hydrogen (secondary N) is 1. The second kappa shape index (κ2) is 5.13. The zero-order chi connectivity index (χ0) is 15.7. The summed E-state index contributed by atoms with van der Waals surface area (Å²) in [5.41, 5.74) is 6.45. The number of carbonyl (C=O) groups excluding carboxylic acids is 1. The number of rotatable bonds is 4. The molecule has 0 aliphatic heterocycles. The van der Waals surface area contributed by atoms with Crippen LogP contribution in [-0.2, 0) is 0 Å². The topological polar surface area (TPSA) is 137 Å². The molecule has 110 valence electrons. The molecule has 0 radical (unpaired) electrons. The Hall–Kier alpha value is -3.49. The highest BCUT2D eigenvalue weighted by Crippen LogP contribution is 2.31. The van der Waals surface area contributed by atoms with Gasteiger partial charge in [-0.05, 0) is 28.5 Å². The lowest BCUT2D eigenvalue weighted by molar-refractivity contribution is -0.383. The second-order valence-electron chi connectivity index (χ2n) is 4.39. The fourth-order valence-electron chi connectivity index (χ4n) is 2.05. The smallest absolute Gasteiger partial charge is 0.300 e. The summed E-state index contributed by atoms with van der Waals surface area (Å²) in [5.74, 6) is -0.598. The largest absolute Gasteiger partial charge is 0.366 e. The third-order valence-corrected chi connectivity index (χ3v) is 3.05. The normalized spacial score (nSPS) is 10.5. The van der Waals surface area contributed by atoms with Crippen LogP contribution >= 0.6 is 0 Å².